The molecule has 2 rings (SSSR count). The summed E-state index contributed by atoms with van der Waals surface area (Å²) in [7, 11) is 0. The first-order valence-electron chi connectivity index (χ1n) is 7.45. The lowest BCUT2D eigenvalue weighted by atomic mass is 10.1. The summed E-state index contributed by atoms with van der Waals surface area (Å²) in [4.78, 5) is 26.6. The molecule has 2 amide bonds. The summed E-state index contributed by atoms with van der Waals surface area (Å²) >= 11 is 1.59. The van der Waals surface area contributed by atoms with Crippen LogP contribution in [0.25, 0.3) is 0 Å². The van der Waals surface area contributed by atoms with Crippen LogP contribution in [-0.4, -0.2) is 50.1 Å². The van der Waals surface area contributed by atoms with Gasteiger partial charge in [0.1, 0.15) is 11.7 Å². The summed E-state index contributed by atoms with van der Waals surface area (Å²) in [6.07, 6.45) is 0. The summed E-state index contributed by atoms with van der Waals surface area (Å²) in [5, 5.41) is 9.93. The summed E-state index contributed by atoms with van der Waals surface area (Å²) < 4.78 is 0. The molecule has 0 aliphatic carbocycles. The maximum atomic E-state index is 12.6. The van der Waals surface area contributed by atoms with Crippen LogP contribution in [0.3, 0.4) is 0 Å². The molecule has 0 saturated carbocycles. The number of nitrogens with one attached hydrogen (secondary N) is 2. The van der Waals surface area contributed by atoms with Crippen molar-refractivity contribution in [1.29, 1.82) is 0 Å². The molecule has 122 valence electrons. The Bertz CT molecular complexity index is 562. The van der Waals surface area contributed by atoms with E-state index in [0.29, 0.717) is 17.3 Å². The van der Waals surface area contributed by atoms with Crippen molar-refractivity contribution < 1.29 is 9.59 Å². The van der Waals surface area contributed by atoms with Crippen molar-refractivity contribution in [2.45, 2.75) is 52.1 Å². The number of H-pyrrole nitrogens is 1. The molecule has 1 aliphatic heterocycles. The maximum absolute atomic E-state index is 12.6. The van der Waals surface area contributed by atoms with Gasteiger partial charge in [-0.05, 0) is 32.8 Å². The van der Waals surface area contributed by atoms with E-state index in [9.17, 15) is 9.59 Å². The fourth-order valence-electron chi connectivity index (χ4n) is 2.20. The number of hydrogen-bond donors (Lipinski definition) is 2. The second kappa shape index (κ2) is 6.32. The lowest BCUT2D eigenvalue weighted by Crippen LogP contribution is -2.52. The van der Waals surface area contributed by atoms with Gasteiger partial charge in [-0.25, -0.2) is 0 Å². The van der Waals surface area contributed by atoms with E-state index < -0.39 is 6.04 Å². The first-order valence-corrected chi connectivity index (χ1v) is 8.60. The van der Waals surface area contributed by atoms with Gasteiger partial charge in [-0.1, -0.05) is 13.8 Å². The van der Waals surface area contributed by atoms with E-state index in [0.717, 1.165) is 5.69 Å². The third-order valence-electron chi connectivity index (χ3n) is 3.38. The topological polar surface area (TPSA) is 78.1 Å². The van der Waals surface area contributed by atoms with Gasteiger partial charge in [0, 0.05) is 17.0 Å². The van der Waals surface area contributed by atoms with E-state index >= 15 is 0 Å². The number of aromatic nitrogens is 2. The molecular weight excluding hydrogens is 300 g/mol. The van der Waals surface area contributed by atoms with Crippen molar-refractivity contribution in [3.05, 3.63) is 17.5 Å². The first-order chi connectivity index (χ1) is 10.2. The van der Waals surface area contributed by atoms with Crippen LogP contribution in [0.15, 0.2) is 6.07 Å². The molecular formula is C15H24N4O2S. The van der Waals surface area contributed by atoms with Crippen molar-refractivity contribution >= 4 is 23.6 Å². The van der Waals surface area contributed by atoms with E-state index in [1.54, 1.807) is 22.7 Å². The molecule has 0 bridgehead atoms. The van der Waals surface area contributed by atoms with Gasteiger partial charge in [0.25, 0.3) is 5.91 Å². The number of thioether (sulfide) groups is 1. The zero-order valence-corrected chi connectivity index (χ0v) is 14.6. The number of nitrogens with zero attached hydrogens (tertiary/aromatic N) is 2. The van der Waals surface area contributed by atoms with Crippen molar-refractivity contribution in [1.82, 2.24) is 20.4 Å². The highest BCUT2D eigenvalue weighted by Crippen LogP contribution is 2.24. The van der Waals surface area contributed by atoms with Gasteiger partial charge in [-0.3, -0.25) is 14.7 Å². The van der Waals surface area contributed by atoms with Crippen molar-refractivity contribution in [3.8, 4) is 0 Å². The molecule has 2 N–H and O–H groups in total. The van der Waals surface area contributed by atoms with Gasteiger partial charge in [-0.15, -0.1) is 11.8 Å². The van der Waals surface area contributed by atoms with Crippen LogP contribution in [0.4, 0.5) is 0 Å². The normalized spacial score (nSPS) is 18.8. The fraction of sp³-hybridized carbons (Fsp3) is 0.667. The number of carbonyl (C=O) groups is 2. The molecule has 2 heterocycles. The smallest absolute Gasteiger partial charge is 0.275 e. The van der Waals surface area contributed by atoms with Crippen LogP contribution in [-0.2, 0) is 4.79 Å². The minimum Gasteiger partial charge on any atom is -0.350 e. The summed E-state index contributed by atoms with van der Waals surface area (Å²) in [5.74, 6) is 1.12. The highest BCUT2D eigenvalue weighted by Gasteiger charge is 2.37. The van der Waals surface area contributed by atoms with E-state index in [2.05, 4.69) is 15.5 Å². The Hall–Kier alpha value is -1.50. The molecule has 22 heavy (non-hydrogen) atoms. The average Bonchev–Trinajstić information content (AvgIpc) is 3.05. The quantitative estimate of drug-likeness (QED) is 0.891. The highest BCUT2D eigenvalue weighted by atomic mass is 32.2. The standard InChI is InChI=1S/C15H24N4O2S/c1-9(2)10-6-11(18-17-10)14(21)19-8-22-7-12(19)13(20)16-15(3,4)5/h6,9,12H,7-8H2,1-5H3,(H,16,20)(H,17,18). The number of aromatic amines is 1. The number of rotatable bonds is 3. The van der Waals surface area contributed by atoms with E-state index in [1.165, 1.54) is 0 Å². The average molecular weight is 324 g/mol. The van der Waals surface area contributed by atoms with Gasteiger partial charge in [-0.2, -0.15) is 5.10 Å². The largest absolute Gasteiger partial charge is 0.350 e. The van der Waals surface area contributed by atoms with Gasteiger partial charge in [0.05, 0.1) is 5.88 Å². The van der Waals surface area contributed by atoms with Crippen LogP contribution >= 0.6 is 11.8 Å². The Morgan fingerprint density at radius 1 is 1.45 bits per heavy atom. The van der Waals surface area contributed by atoms with Crippen LogP contribution < -0.4 is 5.32 Å². The van der Waals surface area contributed by atoms with Crippen molar-refractivity contribution in [2.75, 3.05) is 11.6 Å². The molecule has 7 heteroatoms. The van der Waals surface area contributed by atoms with Crippen molar-refractivity contribution in [2.24, 2.45) is 0 Å². The van der Waals surface area contributed by atoms with E-state index in [1.807, 2.05) is 34.6 Å². The second-order valence-corrected chi connectivity index (χ2v) is 7.89. The maximum Gasteiger partial charge on any atom is 0.275 e. The predicted molar refractivity (Wildman–Crippen MR) is 87.9 cm³/mol. The molecule has 1 fully saturated rings. The molecule has 1 atom stereocenters. The first kappa shape index (κ1) is 16.9. The van der Waals surface area contributed by atoms with Gasteiger partial charge >= 0.3 is 0 Å². The molecule has 0 spiro atoms. The fourth-order valence-corrected chi connectivity index (χ4v) is 3.36. The minimum absolute atomic E-state index is 0.106. The number of amides is 2. The van der Waals surface area contributed by atoms with E-state index in [-0.39, 0.29) is 23.3 Å². The lowest BCUT2D eigenvalue weighted by Gasteiger charge is -2.27. The van der Waals surface area contributed by atoms with E-state index in [4.69, 9.17) is 0 Å². The number of hydrogen-bond acceptors (Lipinski definition) is 4. The Morgan fingerprint density at radius 2 is 2.14 bits per heavy atom. The summed E-state index contributed by atoms with van der Waals surface area (Å²) in [5.41, 5.74) is 0.988. The van der Waals surface area contributed by atoms with Crippen LogP contribution in [0.5, 0.6) is 0 Å². The monoisotopic (exact) mass is 324 g/mol. The van der Waals surface area contributed by atoms with Gasteiger partial charge < -0.3 is 10.2 Å². The molecule has 0 radical (unpaired) electrons. The SMILES string of the molecule is CC(C)c1cc(C(=O)N2CSCC2C(=O)NC(C)(C)C)n[nH]1. The molecule has 6 nitrogen and oxygen atoms in total. The molecule has 0 aromatic carbocycles. The Labute approximate surface area is 135 Å². The third kappa shape index (κ3) is 3.82. The lowest BCUT2D eigenvalue weighted by molar-refractivity contribution is -0.125. The van der Waals surface area contributed by atoms with Crippen LogP contribution in [0, 0.1) is 0 Å². The third-order valence-corrected chi connectivity index (χ3v) is 4.40. The predicted octanol–water partition coefficient (Wildman–Crippen LogP) is 1.96. The van der Waals surface area contributed by atoms with Crippen molar-refractivity contribution in [3.63, 3.8) is 0 Å². The highest BCUT2D eigenvalue weighted by molar-refractivity contribution is 7.99. The van der Waals surface area contributed by atoms with Crippen LogP contribution in [0.2, 0.25) is 0 Å². The molecule has 1 aromatic rings. The Kier molecular flexibility index (Phi) is 4.84. The molecule has 1 unspecified atom stereocenters. The Balaban J connectivity index is 2.12. The molecule has 1 aliphatic rings. The minimum atomic E-state index is -0.434. The summed E-state index contributed by atoms with van der Waals surface area (Å²) in [6, 6.07) is 1.34. The summed E-state index contributed by atoms with van der Waals surface area (Å²) in [6.45, 7) is 9.87. The Morgan fingerprint density at radius 3 is 2.68 bits per heavy atom. The van der Waals surface area contributed by atoms with Gasteiger partial charge in [0.2, 0.25) is 5.91 Å². The van der Waals surface area contributed by atoms with Gasteiger partial charge in [0.15, 0.2) is 0 Å². The van der Waals surface area contributed by atoms with Crippen LogP contribution in [0.1, 0.15) is 56.7 Å². The zero-order chi connectivity index (χ0) is 16.5. The molecule has 1 aromatic heterocycles. The second-order valence-electron chi connectivity index (χ2n) is 6.89. The molecule has 1 saturated heterocycles. The zero-order valence-electron chi connectivity index (χ0n) is 13.8. The number of carbonyl (C=O) groups excluding carboxylic acids is 2.